The fourth-order valence-electron chi connectivity index (χ4n) is 2.52. The fourth-order valence-corrected chi connectivity index (χ4v) is 2.52. The number of nitrogens with zero attached hydrogens (tertiary/aromatic N) is 2. The van der Waals surface area contributed by atoms with Crippen molar-refractivity contribution in [3.63, 3.8) is 0 Å². The monoisotopic (exact) mass is 313 g/mol. The van der Waals surface area contributed by atoms with Crippen molar-refractivity contribution in [2.45, 2.75) is 32.1 Å². The summed E-state index contributed by atoms with van der Waals surface area (Å²) in [5.74, 6) is 0.543. The first-order valence-electron chi connectivity index (χ1n) is 8.08. The van der Waals surface area contributed by atoms with Gasteiger partial charge < -0.3 is 16.0 Å². The van der Waals surface area contributed by atoms with Crippen LogP contribution in [0.1, 0.15) is 37.7 Å². The van der Waals surface area contributed by atoms with Crippen LogP contribution < -0.4 is 16.0 Å². The molecule has 0 aromatic carbocycles. The molecule has 0 spiro atoms. The van der Waals surface area contributed by atoms with E-state index in [2.05, 4.69) is 33.1 Å². The van der Waals surface area contributed by atoms with Gasteiger partial charge in [-0.2, -0.15) is 5.26 Å². The van der Waals surface area contributed by atoms with Gasteiger partial charge in [0, 0.05) is 25.8 Å². The van der Waals surface area contributed by atoms with E-state index >= 15 is 0 Å². The zero-order valence-electron chi connectivity index (χ0n) is 13.3. The number of anilines is 1. The third-order valence-corrected chi connectivity index (χ3v) is 3.75. The van der Waals surface area contributed by atoms with E-state index in [9.17, 15) is 4.79 Å². The topological polar surface area (TPSA) is 89.8 Å². The number of nitriles is 1. The number of urea groups is 1. The molecule has 3 N–H and O–H groups in total. The van der Waals surface area contributed by atoms with E-state index in [4.69, 9.17) is 5.26 Å². The van der Waals surface area contributed by atoms with Crippen LogP contribution in [0.4, 0.5) is 10.6 Å². The number of carbonyl (C=O) groups excluding carboxylic acids is 1. The van der Waals surface area contributed by atoms with Gasteiger partial charge in [-0.15, -0.1) is 0 Å². The Hall–Kier alpha value is -2.55. The van der Waals surface area contributed by atoms with E-state index < -0.39 is 0 Å². The first kappa shape index (κ1) is 16.8. The molecule has 0 radical (unpaired) electrons. The van der Waals surface area contributed by atoms with Gasteiger partial charge in [-0.1, -0.05) is 11.6 Å². The number of amides is 2. The minimum atomic E-state index is -0.162. The molecular weight excluding hydrogens is 290 g/mol. The zero-order valence-corrected chi connectivity index (χ0v) is 13.3. The molecule has 1 aliphatic rings. The zero-order chi connectivity index (χ0) is 16.3. The van der Waals surface area contributed by atoms with Crippen molar-refractivity contribution in [3.05, 3.63) is 35.5 Å². The summed E-state index contributed by atoms with van der Waals surface area (Å²) in [6.07, 6.45) is 9.75. The third kappa shape index (κ3) is 5.99. The number of pyridine rings is 1. The number of allylic oxidation sites excluding steroid dienone is 1. The molecule has 1 aromatic heterocycles. The molecule has 0 atom stereocenters. The lowest BCUT2D eigenvalue weighted by Crippen LogP contribution is -2.38. The molecule has 1 aliphatic carbocycles. The van der Waals surface area contributed by atoms with Gasteiger partial charge in [-0.25, -0.2) is 9.78 Å². The highest BCUT2D eigenvalue weighted by Gasteiger charge is 2.05. The Morgan fingerprint density at radius 2 is 2.13 bits per heavy atom. The highest BCUT2D eigenvalue weighted by Crippen LogP contribution is 2.19. The average molecular weight is 313 g/mol. The molecule has 1 heterocycles. The molecular formula is C17H23N5O. The van der Waals surface area contributed by atoms with Gasteiger partial charge in [-0.3, -0.25) is 0 Å². The minimum absolute atomic E-state index is 0.162. The Kier molecular flexibility index (Phi) is 6.92. The van der Waals surface area contributed by atoms with E-state index in [1.165, 1.54) is 31.3 Å². The van der Waals surface area contributed by atoms with Crippen molar-refractivity contribution < 1.29 is 4.79 Å². The molecule has 6 heteroatoms. The second-order valence-electron chi connectivity index (χ2n) is 5.48. The summed E-state index contributed by atoms with van der Waals surface area (Å²) in [6, 6.07) is 5.34. The van der Waals surface area contributed by atoms with Gasteiger partial charge in [-0.05, 0) is 44.2 Å². The number of rotatable bonds is 7. The Balaban J connectivity index is 1.58. The van der Waals surface area contributed by atoms with Gasteiger partial charge >= 0.3 is 6.03 Å². The van der Waals surface area contributed by atoms with Crippen LogP contribution in [0, 0.1) is 11.3 Å². The first-order valence-corrected chi connectivity index (χ1v) is 8.08. The summed E-state index contributed by atoms with van der Waals surface area (Å²) in [5, 5.41) is 17.6. The SMILES string of the molecule is N#Cc1cccnc1NCCNC(=O)NCCC1=CCCCC1. The Morgan fingerprint density at radius 1 is 1.26 bits per heavy atom. The summed E-state index contributed by atoms with van der Waals surface area (Å²) in [6.45, 7) is 1.66. The Labute approximate surface area is 137 Å². The number of hydrogen-bond donors (Lipinski definition) is 3. The van der Waals surface area contributed by atoms with Gasteiger partial charge in [0.25, 0.3) is 0 Å². The number of carbonyl (C=O) groups is 1. The maximum atomic E-state index is 11.7. The summed E-state index contributed by atoms with van der Waals surface area (Å²) < 4.78 is 0. The molecule has 23 heavy (non-hydrogen) atoms. The van der Waals surface area contributed by atoms with E-state index in [0.717, 1.165) is 6.42 Å². The van der Waals surface area contributed by atoms with E-state index in [-0.39, 0.29) is 6.03 Å². The molecule has 0 unspecified atom stereocenters. The number of nitrogens with one attached hydrogen (secondary N) is 3. The van der Waals surface area contributed by atoms with Crippen molar-refractivity contribution in [1.82, 2.24) is 15.6 Å². The maximum absolute atomic E-state index is 11.7. The lowest BCUT2D eigenvalue weighted by Gasteiger charge is -2.13. The summed E-state index contributed by atoms with van der Waals surface area (Å²) >= 11 is 0. The predicted octanol–water partition coefficient (Wildman–Crippen LogP) is 2.55. The van der Waals surface area contributed by atoms with Crippen molar-refractivity contribution in [2.24, 2.45) is 0 Å². The van der Waals surface area contributed by atoms with Gasteiger partial charge in [0.2, 0.25) is 0 Å². The Morgan fingerprint density at radius 3 is 2.91 bits per heavy atom. The molecule has 0 aliphatic heterocycles. The van der Waals surface area contributed by atoms with Crippen LogP contribution in [-0.2, 0) is 0 Å². The molecule has 2 rings (SSSR count). The molecule has 0 fully saturated rings. The highest BCUT2D eigenvalue weighted by molar-refractivity contribution is 5.73. The van der Waals surface area contributed by atoms with E-state index in [1.54, 1.807) is 18.3 Å². The lowest BCUT2D eigenvalue weighted by atomic mass is 9.97. The van der Waals surface area contributed by atoms with Crippen molar-refractivity contribution in [1.29, 1.82) is 5.26 Å². The standard InChI is InChI=1S/C17H23N5O/c18-13-15-7-4-9-19-16(15)20-11-12-22-17(23)21-10-8-14-5-2-1-3-6-14/h4-5,7,9H,1-3,6,8,10-12H2,(H,19,20)(H2,21,22,23). The minimum Gasteiger partial charge on any atom is -0.367 e. The highest BCUT2D eigenvalue weighted by atomic mass is 16.2. The molecule has 0 bridgehead atoms. The molecule has 1 aromatic rings. The van der Waals surface area contributed by atoms with Crippen LogP contribution in [0.2, 0.25) is 0 Å². The van der Waals surface area contributed by atoms with Crippen LogP contribution in [0.5, 0.6) is 0 Å². The molecule has 122 valence electrons. The van der Waals surface area contributed by atoms with Crippen molar-refractivity contribution >= 4 is 11.8 Å². The largest absolute Gasteiger partial charge is 0.367 e. The van der Waals surface area contributed by atoms with Crippen LogP contribution in [-0.4, -0.2) is 30.6 Å². The quantitative estimate of drug-likeness (QED) is 0.533. The van der Waals surface area contributed by atoms with Crippen molar-refractivity contribution in [3.8, 4) is 6.07 Å². The normalized spacial score (nSPS) is 13.6. The van der Waals surface area contributed by atoms with E-state index in [0.29, 0.717) is 31.0 Å². The summed E-state index contributed by atoms with van der Waals surface area (Å²) in [5.41, 5.74) is 1.95. The smallest absolute Gasteiger partial charge is 0.314 e. The number of aromatic nitrogens is 1. The number of hydrogen-bond acceptors (Lipinski definition) is 4. The maximum Gasteiger partial charge on any atom is 0.314 e. The van der Waals surface area contributed by atoms with E-state index in [1.807, 2.05) is 0 Å². The predicted molar refractivity (Wildman–Crippen MR) is 90.0 cm³/mol. The Bertz CT molecular complexity index is 591. The molecule has 0 saturated heterocycles. The van der Waals surface area contributed by atoms with Crippen molar-refractivity contribution in [2.75, 3.05) is 25.0 Å². The van der Waals surface area contributed by atoms with Gasteiger partial charge in [0.05, 0.1) is 5.56 Å². The van der Waals surface area contributed by atoms with Crippen LogP contribution >= 0.6 is 0 Å². The summed E-state index contributed by atoms with van der Waals surface area (Å²) in [7, 11) is 0. The second kappa shape index (κ2) is 9.46. The third-order valence-electron chi connectivity index (χ3n) is 3.75. The molecule has 6 nitrogen and oxygen atoms in total. The van der Waals surface area contributed by atoms with Crippen LogP contribution in [0.3, 0.4) is 0 Å². The first-order chi connectivity index (χ1) is 11.3. The van der Waals surface area contributed by atoms with Gasteiger partial charge in [0.1, 0.15) is 11.9 Å². The van der Waals surface area contributed by atoms with Gasteiger partial charge in [0.15, 0.2) is 0 Å². The lowest BCUT2D eigenvalue weighted by molar-refractivity contribution is 0.241. The molecule has 2 amide bonds. The van der Waals surface area contributed by atoms with Crippen LogP contribution in [0.15, 0.2) is 30.0 Å². The summed E-state index contributed by atoms with van der Waals surface area (Å²) in [4.78, 5) is 15.8. The second-order valence-corrected chi connectivity index (χ2v) is 5.48. The average Bonchev–Trinajstić information content (AvgIpc) is 2.60. The van der Waals surface area contributed by atoms with Crippen LogP contribution in [0.25, 0.3) is 0 Å². The molecule has 0 saturated carbocycles. The fraction of sp³-hybridized carbons (Fsp3) is 0.471.